The van der Waals surface area contributed by atoms with E-state index in [1.54, 1.807) is 18.2 Å². The largest absolute Gasteiger partial charge is 0.494 e. The summed E-state index contributed by atoms with van der Waals surface area (Å²) in [6, 6.07) is 5.29. The van der Waals surface area contributed by atoms with Gasteiger partial charge in [0, 0.05) is 18.2 Å². The van der Waals surface area contributed by atoms with Gasteiger partial charge in [-0.15, -0.1) is 0 Å². The highest BCUT2D eigenvalue weighted by Crippen LogP contribution is 2.25. The number of benzene rings is 1. The second kappa shape index (κ2) is 9.19. The Kier molecular flexibility index (Phi) is 6.68. The van der Waals surface area contributed by atoms with Crippen molar-refractivity contribution in [3.8, 4) is 5.75 Å². The Morgan fingerprint density at radius 1 is 1.19 bits per heavy atom. The number of carbonyl (C=O) groups excluding carboxylic acids is 2. The van der Waals surface area contributed by atoms with E-state index in [0.717, 1.165) is 25.8 Å². The highest BCUT2D eigenvalue weighted by molar-refractivity contribution is 5.96. The molecule has 1 heterocycles. The minimum absolute atomic E-state index is 0.0700. The minimum Gasteiger partial charge on any atom is -0.494 e. The number of primary amides is 1. The number of hydrazine groups is 1. The molecule has 0 radical (unpaired) electrons. The summed E-state index contributed by atoms with van der Waals surface area (Å²) in [5.74, 6) is 5.65. The standard InChI is InChI=1S/C20H30N4O3/c21-20(26)18-14-17(27-12-4-11-23-9-2-1-3-10-23)8-5-15(18)13-19(25)24(22)16-6-7-16/h5,8,14,16H,1-4,6-7,9-13,22H2,(H2,21,26). The van der Waals surface area contributed by atoms with E-state index in [1.165, 1.54) is 37.4 Å². The highest BCUT2D eigenvalue weighted by Gasteiger charge is 2.30. The van der Waals surface area contributed by atoms with Gasteiger partial charge in [-0.2, -0.15) is 0 Å². The molecule has 1 aromatic carbocycles. The first-order valence-corrected chi connectivity index (χ1v) is 9.89. The van der Waals surface area contributed by atoms with Crippen molar-refractivity contribution in [2.75, 3.05) is 26.2 Å². The fourth-order valence-corrected chi connectivity index (χ4v) is 3.50. The fourth-order valence-electron chi connectivity index (χ4n) is 3.50. The number of nitrogens with two attached hydrogens (primary N) is 2. The molecule has 7 nitrogen and oxygen atoms in total. The molecule has 0 bridgehead atoms. The van der Waals surface area contributed by atoms with Crippen molar-refractivity contribution in [1.82, 2.24) is 9.91 Å². The number of carbonyl (C=O) groups is 2. The molecule has 1 saturated heterocycles. The number of hydrogen-bond acceptors (Lipinski definition) is 5. The monoisotopic (exact) mass is 374 g/mol. The van der Waals surface area contributed by atoms with Crippen molar-refractivity contribution in [2.24, 2.45) is 11.6 Å². The van der Waals surface area contributed by atoms with Crippen LogP contribution in [0.15, 0.2) is 18.2 Å². The van der Waals surface area contributed by atoms with Crippen LogP contribution >= 0.6 is 0 Å². The summed E-state index contributed by atoms with van der Waals surface area (Å²) < 4.78 is 5.79. The molecule has 2 amide bonds. The molecule has 7 heteroatoms. The zero-order chi connectivity index (χ0) is 19.2. The highest BCUT2D eigenvalue weighted by atomic mass is 16.5. The second-order valence-electron chi connectivity index (χ2n) is 7.50. The molecule has 4 N–H and O–H groups in total. The molecule has 0 aromatic heterocycles. The van der Waals surface area contributed by atoms with Crippen molar-refractivity contribution in [2.45, 2.75) is 51.0 Å². The van der Waals surface area contributed by atoms with Gasteiger partial charge in [0.05, 0.1) is 13.0 Å². The van der Waals surface area contributed by atoms with E-state index in [2.05, 4.69) is 4.90 Å². The third-order valence-electron chi connectivity index (χ3n) is 5.25. The van der Waals surface area contributed by atoms with Crippen molar-refractivity contribution in [3.05, 3.63) is 29.3 Å². The van der Waals surface area contributed by atoms with E-state index in [1.807, 2.05) is 0 Å². The van der Waals surface area contributed by atoms with Gasteiger partial charge in [-0.05, 0) is 62.9 Å². The van der Waals surface area contributed by atoms with E-state index in [0.29, 0.717) is 23.5 Å². The molecule has 0 spiro atoms. The molecule has 27 heavy (non-hydrogen) atoms. The van der Waals surface area contributed by atoms with Gasteiger partial charge < -0.3 is 15.4 Å². The lowest BCUT2D eigenvalue weighted by atomic mass is 10.0. The first kappa shape index (κ1) is 19.6. The Bertz CT molecular complexity index is 669. The summed E-state index contributed by atoms with van der Waals surface area (Å²) in [5.41, 5.74) is 6.41. The molecule has 0 unspecified atom stereocenters. The maximum absolute atomic E-state index is 12.2. The first-order chi connectivity index (χ1) is 13.0. The van der Waals surface area contributed by atoms with Crippen LogP contribution in [0.4, 0.5) is 0 Å². The Hall–Kier alpha value is -2.12. The average Bonchev–Trinajstić information content (AvgIpc) is 3.51. The minimum atomic E-state index is -0.563. The van der Waals surface area contributed by atoms with Crippen molar-refractivity contribution in [1.29, 1.82) is 0 Å². The summed E-state index contributed by atoms with van der Waals surface area (Å²) in [6.07, 6.45) is 6.79. The van der Waals surface area contributed by atoms with Crippen LogP contribution in [0.2, 0.25) is 0 Å². The summed E-state index contributed by atoms with van der Waals surface area (Å²) in [4.78, 5) is 26.5. The van der Waals surface area contributed by atoms with Gasteiger partial charge in [-0.3, -0.25) is 14.6 Å². The van der Waals surface area contributed by atoms with Crippen LogP contribution in [0, 0.1) is 0 Å². The lowest BCUT2D eigenvalue weighted by molar-refractivity contribution is -0.131. The number of amides is 2. The van der Waals surface area contributed by atoms with Crippen molar-refractivity contribution in [3.63, 3.8) is 0 Å². The predicted molar refractivity (Wildman–Crippen MR) is 103 cm³/mol. The average molecular weight is 374 g/mol. The zero-order valence-electron chi connectivity index (χ0n) is 15.9. The van der Waals surface area contributed by atoms with E-state index in [9.17, 15) is 9.59 Å². The van der Waals surface area contributed by atoms with Gasteiger partial charge in [0.25, 0.3) is 0 Å². The molecule has 2 aliphatic rings. The SMILES string of the molecule is NC(=O)c1cc(OCCCN2CCCCC2)ccc1CC(=O)N(N)C1CC1. The van der Waals surface area contributed by atoms with Gasteiger partial charge >= 0.3 is 0 Å². The normalized spacial score (nSPS) is 17.5. The summed E-state index contributed by atoms with van der Waals surface area (Å²) in [7, 11) is 0. The predicted octanol–water partition coefficient (Wildman–Crippen LogP) is 1.45. The van der Waals surface area contributed by atoms with Gasteiger partial charge in [-0.1, -0.05) is 12.5 Å². The molecular weight excluding hydrogens is 344 g/mol. The van der Waals surface area contributed by atoms with Crippen molar-refractivity contribution < 1.29 is 14.3 Å². The van der Waals surface area contributed by atoms with Crippen molar-refractivity contribution >= 4 is 11.8 Å². The topological polar surface area (TPSA) is 102 Å². The maximum atomic E-state index is 12.2. The third kappa shape index (κ3) is 5.68. The molecule has 148 valence electrons. The number of hydrogen-bond donors (Lipinski definition) is 2. The van der Waals surface area contributed by atoms with Gasteiger partial charge in [0.15, 0.2) is 0 Å². The molecule has 1 saturated carbocycles. The van der Waals surface area contributed by atoms with Crippen LogP contribution in [0.25, 0.3) is 0 Å². The molecular formula is C20H30N4O3. The Morgan fingerprint density at radius 3 is 2.59 bits per heavy atom. The molecule has 0 atom stereocenters. The summed E-state index contributed by atoms with van der Waals surface area (Å²) in [5, 5.41) is 1.27. The second-order valence-corrected chi connectivity index (χ2v) is 7.50. The molecule has 3 rings (SSSR count). The Morgan fingerprint density at radius 2 is 1.93 bits per heavy atom. The smallest absolute Gasteiger partial charge is 0.249 e. The summed E-state index contributed by atoms with van der Waals surface area (Å²) in [6.45, 7) is 3.97. The number of piperidine rings is 1. The maximum Gasteiger partial charge on any atom is 0.249 e. The van der Waals surface area contributed by atoms with Gasteiger partial charge in [-0.25, -0.2) is 5.84 Å². The lowest BCUT2D eigenvalue weighted by Gasteiger charge is -2.26. The van der Waals surface area contributed by atoms with E-state index in [4.69, 9.17) is 16.3 Å². The van der Waals surface area contributed by atoms with Gasteiger partial charge in [0.1, 0.15) is 5.75 Å². The Labute approximate surface area is 160 Å². The molecule has 1 aliphatic carbocycles. The quantitative estimate of drug-likeness (QED) is 0.295. The molecule has 1 aliphatic heterocycles. The van der Waals surface area contributed by atoms with E-state index in [-0.39, 0.29) is 18.4 Å². The zero-order valence-corrected chi connectivity index (χ0v) is 15.9. The van der Waals surface area contributed by atoms with Crippen LogP contribution in [0.5, 0.6) is 5.75 Å². The van der Waals surface area contributed by atoms with Crippen LogP contribution in [0.1, 0.15) is 54.4 Å². The molecule has 2 fully saturated rings. The van der Waals surface area contributed by atoms with Crippen LogP contribution in [-0.4, -0.2) is 54.0 Å². The first-order valence-electron chi connectivity index (χ1n) is 9.89. The third-order valence-corrected chi connectivity index (χ3v) is 5.25. The van der Waals surface area contributed by atoms with Crippen LogP contribution < -0.4 is 16.3 Å². The fraction of sp³-hybridized carbons (Fsp3) is 0.600. The lowest BCUT2D eigenvalue weighted by Crippen LogP contribution is -2.40. The van der Waals surface area contributed by atoms with E-state index < -0.39 is 5.91 Å². The van der Waals surface area contributed by atoms with Gasteiger partial charge in [0.2, 0.25) is 11.8 Å². The number of rotatable bonds is 9. The Balaban J connectivity index is 1.52. The number of ether oxygens (including phenoxy) is 1. The van der Waals surface area contributed by atoms with E-state index >= 15 is 0 Å². The number of nitrogens with zero attached hydrogens (tertiary/aromatic N) is 2. The van der Waals surface area contributed by atoms with Crippen LogP contribution in [-0.2, 0) is 11.2 Å². The van der Waals surface area contributed by atoms with Crippen LogP contribution in [0.3, 0.4) is 0 Å². The molecule has 1 aromatic rings. The summed E-state index contributed by atoms with van der Waals surface area (Å²) >= 11 is 0. The number of likely N-dealkylation sites (tertiary alicyclic amines) is 1.